The summed E-state index contributed by atoms with van der Waals surface area (Å²) in [6.07, 6.45) is 51.5. The van der Waals surface area contributed by atoms with Gasteiger partial charge in [-0.1, -0.05) is 324 Å². The molecule has 0 rings (SSSR count). The lowest BCUT2D eigenvalue weighted by Crippen LogP contribution is -2.30. The maximum Gasteiger partial charge on any atom is 0.472 e. The van der Waals surface area contributed by atoms with Gasteiger partial charge in [0.15, 0.2) is 12.2 Å². The largest absolute Gasteiger partial charge is 0.472 e. The molecule has 0 spiro atoms. The highest BCUT2D eigenvalue weighted by molar-refractivity contribution is 7.47. The van der Waals surface area contributed by atoms with E-state index in [9.17, 15) is 43.2 Å². The van der Waals surface area contributed by atoms with Crippen molar-refractivity contribution < 1.29 is 80.2 Å². The third kappa shape index (κ3) is 66.7. The van der Waals surface area contributed by atoms with E-state index in [-0.39, 0.29) is 25.7 Å². The molecule has 5 atom stereocenters. The molecule has 17 nitrogen and oxygen atoms in total. The zero-order valence-corrected chi connectivity index (χ0v) is 61.6. The van der Waals surface area contributed by atoms with Gasteiger partial charge in [0.05, 0.1) is 26.4 Å². The van der Waals surface area contributed by atoms with Gasteiger partial charge in [0.1, 0.15) is 19.3 Å². The quantitative estimate of drug-likeness (QED) is 0.0222. The number of aliphatic hydroxyl groups is 1. The van der Waals surface area contributed by atoms with Crippen LogP contribution in [0.15, 0.2) is 0 Å². The summed E-state index contributed by atoms with van der Waals surface area (Å²) in [6, 6.07) is 0. The van der Waals surface area contributed by atoms with Crippen molar-refractivity contribution >= 4 is 39.5 Å². The fraction of sp³-hybridized carbons (Fsp3) is 0.945. The minimum absolute atomic E-state index is 0.106. The number of phosphoric acid groups is 2. The fourth-order valence-electron chi connectivity index (χ4n) is 11.1. The van der Waals surface area contributed by atoms with Gasteiger partial charge in [0.25, 0.3) is 0 Å². The third-order valence-corrected chi connectivity index (χ3v) is 18.9. The Morgan fingerprint density at radius 1 is 0.293 bits per heavy atom. The van der Waals surface area contributed by atoms with Crippen LogP contribution in [0.1, 0.15) is 375 Å². The molecule has 19 heteroatoms. The number of hydrogen-bond donors (Lipinski definition) is 3. The van der Waals surface area contributed by atoms with Crippen LogP contribution in [0, 0.1) is 11.8 Å². The van der Waals surface area contributed by atoms with Crippen LogP contribution in [-0.4, -0.2) is 96.7 Å². The molecule has 0 heterocycles. The summed E-state index contributed by atoms with van der Waals surface area (Å²) >= 11 is 0. The van der Waals surface area contributed by atoms with Gasteiger partial charge < -0.3 is 33.8 Å². The number of phosphoric ester groups is 2. The molecule has 0 aliphatic carbocycles. The number of carbonyl (C=O) groups is 4. The molecule has 0 fully saturated rings. The smallest absolute Gasteiger partial charge is 0.462 e. The molecule has 2 unspecified atom stereocenters. The average Bonchev–Trinajstić information content (AvgIpc) is 1.54. The van der Waals surface area contributed by atoms with E-state index in [0.29, 0.717) is 25.7 Å². The lowest BCUT2D eigenvalue weighted by Gasteiger charge is -2.21. The van der Waals surface area contributed by atoms with Crippen molar-refractivity contribution in [2.75, 3.05) is 39.6 Å². The van der Waals surface area contributed by atoms with Crippen molar-refractivity contribution in [3.05, 3.63) is 0 Å². The Balaban J connectivity index is 5.16. The zero-order valence-electron chi connectivity index (χ0n) is 59.9. The molecular weight excluding hydrogens is 1210 g/mol. The monoisotopic (exact) mass is 1350 g/mol. The summed E-state index contributed by atoms with van der Waals surface area (Å²) in [7, 11) is -9.90. The molecule has 0 saturated heterocycles. The van der Waals surface area contributed by atoms with Crippen molar-refractivity contribution in [1.29, 1.82) is 0 Å². The van der Waals surface area contributed by atoms with Crippen LogP contribution >= 0.6 is 15.6 Å². The van der Waals surface area contributed by atoms with Gasteiger partial charge in [-0.2, -0.15) is 0 Å². The number of ether oxygens (including phenoxy) is 4. The lowest BCUT2D eigenvalue weighted by molar-refractivity contribution is -0.161. The molecular formula is C73H142O17P2. The van der Waals surface area contributed by atoms with E-state index in [2.05, 4.69) is 41.5 Å². The molecule has 0 aromatic carbocycles. The predicted octanol–water partition coefficient (Wildman–Crippen LogP) is 21.2. The van der Waals surface area contributed by atoms with E-state index in [1.807, 2.05) is 0 Å². The van der Waals surface area contributed by atoms with E-state index in [0.717, 1.165) is 108 Å². The Hall–Kier alpha value is -1.94. The third-order valence-electron chi connectivity index (χ3n) is 17.0. The van der Waals surface area contributed by atoms with Crippen LogP contribution in [-0.2, 0) is 65.4 Å². The minimum Gasteiger partial charge on any atom is -0.462 e. The zero-order chi connectivity index (χ0) is 67.9. The van der Waals surface area contributed by atoms with Crippen molar-refractivity contribution in [3.63, 3.8) is 0 Å². The second kappa shape index (κ2) is 65.0. The number of carbonyl (C=O) groups excluding carboxylic acids is 4. The van der Waals surface area contributed by atoms with Gasteiger partial charge in [0.2, 0.25) is 0 Å². The number of esters is 4. The highest BCUT2D eigenvalue weighted by Gasteiger charge is 2.30. The molecule has 546 valence electrons. The summed E-state index contributed by atoms with van der Waals surface area (Å²) < 4.78 is 68.3. The molecule has 0 aliphatic heterocycles. The highest BCUT2D eigenvalue weighted by atomic mass is 31.2. The molecule has 0 radical (unpaired) electrons. The van der Waals surface area contributed by atoms with Crippen molar-refractivity contribution in [2.24, 2.45) is 11.8 Å². The molecule has 3 N–H and O–H groups in total. The van der Waals surface area contributed by atoms with Crippen molar-refractivity contribution in [1.82, 2.24) is 0 Å². The van der Waals surface area contributed by atoms with Crippen LogP contribution in [0.2, 0.25) is 0 Å². The standard InChI is InChI=1S/C73H142O17P2/c1-7-9-11-13-15-17-32-39-45-51-57-72(77)89-68(61-83-70(75)55-49-43-37-16-14-12-10-8-2)63-87-91(79,80)85-59-67(74)60-86-92(81,82)88-64-69(62-84-71(76)56-50-44-38-33-29-28-31-36-42-48-54-66(5)6)90-73(78)58-52-46-40-34-27-25-23-21-19-18-20-22-24-26-30-35-41-47-53-65(3)4/h65-69,74H,7-64H2,1-6H3,(H,79,80)(H,81,82)/t67-,68+,69+/m0/s1. The number of unbranched alkanes of at least 4 members (excludes halogenated alkanes) is 42. The Bertz CT molecular complexity index is 1790. The van der Waals surface area contributed by atoms with E-state index in [4.69, 9.17) is 37.0 Å². The summed E-state index contributed by atoms with van der Waals surface area (Å²) in [5, 5.41) is 10.6. The molecule has 0 bridgehead atoms. The van der Waals surface area contributed by atoms with Crippen LogP contribution in [0.5, 0.6) is 0 Å². The average molecular weight is 1350 g/mol. The SMILES string of the molecule is CCCCCCCCCCCCC(=O)O[C@H](COC(=O)CCCCCCCCCC)COP(=O)(O)OC[C@H](O)COP(=O)(O)OC[C@@H](COC(=O)CCCCCCCCCCCCC(C)C)OC(=O)CCCCCCCCCCCCCCCCCCCCC(C)C. The first-order chi connectivity index (χ1) is 44.4. The second-order valence-corrected chi connectivity index (χ2v) is 30.2. The fourth-order valence-corrected chi connectivity index (χ4v) is 12.7. The van der Waals surface area contributed by atoms with Crippen molar-refractivity contribution in [2.45, 2.75) is 394 Å². The first-order valence-electron chi connectivity index (χ1n) is 38.0. The number of aliphatic hydroxyl groups excluding tert-OH is 1. The van der Waals surface area contributed by atoms with Crippen LogP contribution in [0.25, 0.3) is 0 Å². The topological polar surface area (TPSA) is 237 Å². The van der Waals surface area contributed by atoms with Gasteiger partial charge in [-0.05, 0) is 37.5 Å². The summed E-state index contributed by atoms with van der Waals surface area (Å²) in [5.41, 5.74) is 0. The van der Waals surface area contributed by atoms with Gasteiger partial charge in [-0.3, -0.25) is 37.3 Å². The molecule has 0 aromatic heterocycles. The van der Waals surface area contributed by atoms with Crippen LogP contribution in [0.4, 0.5) is 0 Å². The number of rotatable bonds is 72. The van der Waals surface area contributed by atoms with E-state index < -0.39 is 97.5 Å². The normalized spacial score (nSPS) is 14.1. The Morgan fingerprint density at radius 2 is 0.500 bits per heavy atom. The van der Waals surface area contributed by atoms with Crippen LogP contribution < -0.4 is 0 Å². The summed E-state index contributed by atoms with van der Waals surface area (Å²) in [4.78, 5) is 72.5. The molecule has 0 saturated carbocycles. The maximum absolute atomic E-state index is 13.1. The summed E-state index contributed by atoms with van der Waals surface area (Å²) in [5.74, 6) is -0.544. The van der Waals surface area contributed by atoms with Crippen molar-refractivity contribution in [3.8, 4) is 0 Å². The molecule has 0 aliphatic rings. The maximum atomic E-state index is 13.1. The summed E-state index contributed by atoms with van der Waals surface area (Å²) in [6.45, 7) is 9.56. The first-order valence-corrected chi connectivity index (χ1v) is 41.0. The Labute approximate surface area is 562 Å². The molecule has 0 amide bonds. The minimum atomic E-state index is -4.95. The van der Waals surface area contributed by atoms with E-state index in [1.54, 1.807) is 0 Å². The number of hydrogen-bond acceptors (Lipinski definition) is 15. The molecule has 0 aromatic rings. The van der Waals surface area contributed by atoms with Gasteiger partial charge in [-0.15, -0.1) is 0 Å². The lowest BCUT2D eigenvalue weighted by atomic mass is 10.0. The van der Waals surface area contributed by atoms with E-state index >= 15 is 0 Å². The first kappa shape index (κ1) is 90.1. The Morgan fingerprint density at radius 3 is 0.739 bits per heavy atom. The van der Waals surface area contributed by atoms with E-state index in [1.165, 1.54) is 186 Å². The predicted molar refractivity (Wildman–Crippen MR) is 372 cm³/mol. The van der Waals surface area contributed by atoms with Crippen LogP contribution in [0.3, 0.4) is 0 Å². The van der Waals surface area contributed by atoms with Gasteiger partial charge >= 0.3 is 39.5 Å². The Kier molecular flexibility index (Phi) is 63.7. The molecule has 92 heavy (non-hydrogen) atoms. The van der Waals surface area contributed by atoms with Gasteiger partial charge in [-0.25, -0.2) is 9.13 Å². The second-order valence-electron chi connectivity index (χ2n) is 27.3. The van der Waals surface area contributed by atoms with Gasteiger partial charge in [0, 0.05) is 25.7 Å². The highest BCUT2D eigenvalue weighted by Crippen LogP contribution is 2.45.